The van der Waals surface area contributed by atoms with E-state index in [2.05, 4.69) is 5.10 Å². The number of rotatable bonds is 3. The lowest BCUT2D eigenvalue weighted by Gasteiger charge is -2.11. The Hall–Kier alpha value is -3.37. The van der Waals surface area contributed by atoms with Crippen LogP contribution >= 0.6 is 11.6 Å². The fourth-order valence-electron chi connectivity index (χ4n) is 2.85. The quantitative estimate of drug-likeness (QED) is 0.664. The van der Waals surface area contributed by atoms with Gasteiger partial charge in [0.1, 0.15) is 11.5 Å². The molecule has 27 heavy (non-hydrogen) atoms. The van der Waals surface area contributed by atoms with Gasteiger partial charge in [-0.1, -0.05) is 54.1 Å². The Labute approximate surface area is 161 Å². The van der Waals surface area contributed by atoms with Gasteiger partial charge < -0.3 is 5.11 Å². The van der Waals surface area contributed by atoms with Gasteiger partial charge in [0.15, 0.2) is 0 Å². The molecule has 0 atom stereocenters. The number of hydrogen-bond acceptors (Lipinski definition) is 3. The molecule has 4 rings (SSSR count). The monoisotopic (exact) mass is 374 g/mol. The van der Waals surface area contributed by atoms with Gasteiger partial charge in [0.25, 0.3) is 5.91 Å². The first kappa shape index (κ1) is 17.1. The lowest BCUT2D eigenvalue weighted by molar-refractivity contribution is -0.114. The number of benzene rings is 3. The van der Waals surface area contributed by atoms with Crippen LogP contribution in [0, 0.1) is 0 Å². The summed E-state index contributed by atoms with van der Waals surface area (Å²) in [6.07, 6.45) is 1.78. The third-order valence-electron chi connectivity index (χ3n) is 4.20. The summed E-state index contributed by atoms with van der Waals surface area (Å²) >= 11 is 5.96. The van der Waals surface area contributed by atoms with Gasteiger partial charge in [0.2, 0.25) is 0 Å². The average molecular weight is 375 g/mol. The van der Waals surface area contributed by atoms with Crippen molar-refractivity contribution < 1.29 is 9.90 Å². The Morgan fingerprint density at radius 1 is 0.889 bits per heavy atom. The fourth-order valence-corrected chi connectivity index (χ4v) is 2.97. The van der Waals surface area contributed by atoms with Crippen LogP contribution < -0.4 is 5.01 Å². The van der Waals surface area contributed by atoms with Gasteiger partial charge in [-0.3, -0.25) is 4.79 Å². The number of aromatic hydroxyl groups is 1. The first-order chi connectivity index (χ1) is 13.1. The predicted octanol–water partition coefficient (Wildman–Crippen LogP) is 4.88. The Bertz CT molecular complexity index is 1040. The molecular weight excluding hydrogens is 360 g/mol. The molecule has 1 N–H and O–H groups in total. The summed E-state index contributed by atoms with van der Waals surface area (Å²) < 4.78 is 0. The van der Waals surface area contributed by atoms with E-state index in [1.165, 1.54) is 5.01 Å². The maximum absolute atomic E-state index is 13.1. The first-order valence-corrected chi connectivity index (χ1v) is 8.75. The van der Waals surface area contributed by atoms with E-state index in [0.717, 1.165) is 11.1 Å². The second-order valence-electron chi connectivity index (χ2n) is 6.06. The Balaban J connectivity index is 1.81. The zero-order chi connectivity index (χ0) is 18.8. The van der Waals surface area contributed by atoms with Crippen LogP contribution in [0.25, 0.3) is 6.08 Å². The molecule has 0 saturated carbocycles. The smallest absolute Gasteiger partial charge is 0.281 e. The van der Waals surface area contributed by atoms with Crippen molar-refractivity contribution in [2.45, 2.75) is 0 Å². The van der Waals surface area contributed by atoms with Crippen LogP contribution in [0.1, 0.15) is 11.1 Å². The second kappa shape index (κ2) is 7.09. The third-order valence-corrected chi connectivity index (χ3v) is 4.45. The van der Waals surface area contributed by atoms with E-state index in [-0.39, 0.29) is 11.7 Å². The van der Waals surface area contributed by atoms with Crippen LogP contribution in [0.5, 0.6) is 5.75 Å². The minimum Gasteiger partial charge on any atom is -0.508 e. The number of nitrogens with zero attached hydrogens (tertiary/aromatic N) is 2. The minimum absolute atomic E-state index is 0.176. The van der Waals surface area contributed by atoms with E-state index >= 15 is 0 Å². The summed E-state index contributed by atoms with van der Waals surface area (Å²) in [5.41, 5.74) is 3.39. The van der Waals surface area contributed by atoms with Crippen LogP contribution in [-0.2, 0) is 4.79 Å². The molecule has 0 aromatic heterocycles. The molecule has 1 amide bonds. The SMILES string of the molecule is O=C1/C(=C\c2ccc(O)cc2)C(c2ccccc2)=NN1c1ccc(Cl)cc1. The van der Waals surface area contributed by atoms with Crippen molar-refractivity contribution in [3.8, 4) is 5.75 Å². The standard InChI is InChI=1S/C22H15ClN2O2/c23-17-8-10-18(11-9-17)25-22(27)20(14-15-6-12-19(26)13-7-15)21(24-25)16-4-2-1-3-5-16/h1-14,26H/b20-14-. The number of phenolic OH excluding ortho intramolecular Hbond substituents is 1. The summed E-state index contributed by atoms with van der Waals surface area (Å²) in [6.45, 7) is 0. The Morgan fingerprint density at radius 2 is 1.56 bits per heavy atom. The molecule has 1 aliphatic heterocycles. The number of phenols is 1. The molecule has 132 valence electrons. The average Bonchev–Trinajstić information content (AvgIpc) is 3.01. The number of carbonyl (C=O) groups is 1. The van der Waals surface area contributed by atoms with Gasteiger partial charge in [0.05, 0.1) is 11.3 Å². The number of anilines is 1. The van der Waals surface area contributed by atoms with E-state index in [9.17, 15) is 9.90 Å². The number of halogens is 1. The van der Waals surface area contributed by atoms with E-state index in [4.69, 9.17) is 11.6 Å². The van der Waals surface area contributed by atoms with E-state index in [1.807, 2.05) is 30.3 Å². The van der Waals surface area contributed by atoms with E-state index in [1.54, 1.807) is 54.6 Å². The molecule has 4 nitrogen and oxygen atoms in total. The lowest BCUT2D eigenvalue weighted by atomic mass is 10.0. The summed E-state index contributed by atoms with van der Waals surface area (Å²) in [7, 11) is 0. The number of hydrazone groups is 1. The second-order valence-corrected chi connectivity index (χ2v) is 6.49. The van der Waals surface area contributed by atoms with E-state index in [0.29, 0.717) is 22.0 Å². The van der Waals surface area contributed by atoms with Gasteiger partial charge in [-0.25, -0.2) is 0 Å². The highest BCUT2D eigenvalue weighted by Crippen LogP contribution is 2.28. The van der Waals surface area contributed by atoms with Crippen LogP contribution in [0.15, 0.2) is 89.5 Å². The maximum atomic E-state index is 13.1. The lowest BCUT2D eigenvalue weighted by Crippen LogP contribution is -2.21. The van der Waals surface area contributed by atoms with Gasteiger partial charge in [-0.15, -0.1) is 0 Å². The molecule has 3 aromatic rings. The predicted molar refractivity (Wildman–Crippen MR) is 108 cm³/mol. The van der Waals surface area contributed by atoms with Crippen molar-refractivity contribution in [2.24, 2.45) is 5.10 Å². The summed E-state index contributed by atoms with van der Waals surface area (Å²) in [5.74, 6) is -0.0427. The van der Waals surface area contributed by atoms with Gasteiger partial charge in [0, 0.05) is 10.6 Å². The number of carbonyl (C=O) groups excluding carboxylic acids is 1. The molecule has 0 aliphatic carbocycles. The fraction of sp³-hybridized carbons (Fsp3) is 0. The van der Waals surface area contributed by atoms with Gasteiger partial charge in [-0.05, 0) is 48.0 Å². The highest BCUT2D eigenvalue weighted by molar-refractivity contribution is 6.37. The molecule has 0 radical (unpaired) electrons. The third kappa shape index (κ3) is 3.48. The van der Waals surface area contributed by atoms with Crippen molar-refractivity contribution in [1.29, 1.82) is 0 Å². The largest absolute Gasteiger partial charge is 0.508 e. The van der Waals surface area contributed by atoms with Crippen LogP contribution in [0.4, 0.5) is 5.69 Å². The molecular formula is C22H15ClN2O2. The normalized spacial score (nSPS) is 15.3. The van der Waals surface area contributed by atoms with Crippen LogP contribution in [0.3, 0.4) is 0 Å². The van der Waals surface area contributed by atoms with Crippen molar-refractivity contribution in [3.05, 3.63) is 101 Å². The Kier molecular flexibility index (Phi) is 4.48. The maximum Gasteiger partial charge on any atom is 0.281 e. The number of amides is 1. The molecule has 1 aliphatic rings. The minimum atomic E-state index is -0.218. The molecule has 0 saturated heterocycles. The number of hydrogen-bond donors (Lipinski definition) is 1. The van der Waals surface area contributed by atoms with Gasteiger partial charge in [-0.2, -0.15) is 10.1 Å². The zero-order valence-corrected chi connectivity index (χ0v) is 15.0. The molecule has 0 spiro atoms. The Morgan fingerprint density at radius 3 is 2.22 bits per heavy atom. The van der Waals surface area contributed by atoms with Gasteiger partial charge >= 0.3 is 0 Å². The zero-order valence-electron chi connectivity index (χ0n) is 14.2. The molecule has 0 fully saturated rings. The van der Waals surface area contributed by atoms with Crippen molar-refractivity contribution in [1.82, 2.24) is 0 Å². The first-order valence-electron chi connectivity index (χ1n) is 8.37. The highest BCUT2D eigenvalue weighted by Gasteiger charge is 2.31. The molecule has 5 heteroatoms. The summed E-state index contributed by atoms with van der Waals surface area (Å²) in [4.78, 5) is 13.1. The molecule has 0 unspecified atom stereocenters. The van der Waals surface area contributed by atoms with Crippen molar-refractivity contribution in [3.63, 3.8) is 0 Å². The summed E-state index contributed by atoms with van der Waals surface area (Å²) in [6, 6.07) is 23.2. The van der Waals surface area contributed by atoms with E-state index < -0.39 is 0 Å². The van der Waals surface area contributed by atoms with Crippen LogP contribution in [0.2, 0.25) is 5.02 Å². The topological polar surface area (TPSA) is 52.9 Å². The van der Waals surface area contributed by atoms with Crippen molar-refractivity contribution in [2.75, 3.05) is 5.01 Å². The molecule has 1 heterocycles. The van der Waals surface area contributed by atoms with Crippen molar-refractivity contribution >= 4 is 35.0 Å². The molecule has 3 aromatic carbocycles. The van der Waals surface area contributed by atoms with Crippen LogP contribution in [-0.4, -0.2) is 16.7 Å². The summed E-state index contributed by atoms with van der Waals surface area (Å²) in [5, 5.41) is 16.0. The molecule has 0 bridgehead atoms. The highest BCUT2D eigenvalue weighted by atomic mass is 35.5.